The van der Waals surface area contributed by atoms with Crippen molar-refractivity contribution in [3.63, 3.8) is 0 Å². The molecule has 0 unspecified atom stereocenters. The maximum Gasteiger partial charge on any atom is 0.242 e. The molecule has 1 aromatic carbocycles. The van der Waals surface area contributed by atoms with Crippen molar-refractivity contribution in [1.82, 2.24) is 4.52 Å². The largest absolute Gasteiger partial charge is 0.385 e. The maximum absolute atomic E-state index is 5.87. The lowest BCUT2D eigenvalue weighted by molar-refractivity contribution is -0.583. The standard InChI is InChI=1S/C24H28N4/c1-3-4-15-26-20-10-7-19(8-11-20)9-12-21-17-18(2)24-22(13-14-25)23-6-5-16-27(23)28(21)24/h5-12,16-17H,3-4,13-15,25H2,1-2H3/p+1. The lowest BCUT2D eigenvalue weighted by atomic mass is 10.1. The molecule has 144 valence electrons. The van der Waals surface area contributed by atoms with Gasteiger partial charge in [-0.3, -0.25) is 0 Å². The molecule has 0 bridgehead atoms. The van der Waals surface area contributed by atoms with Gasteiger partial charge in [-0.15, -0.1) is 4.52 Å². The van der Waals surface area contributed by atoms with E-state index in [2.05, 4.69) is 88.9 Å². The summed E-state index contributed by atoms with van der Waals surface area (Å²) in [6, 6.07) is 10.9. The molecule has 28 heavy (non-hydrogen) atoms. The molecule has 1 aliphatic rings. The molecule has 3 N–H and O–H groups in total. The van der Waals surface area contributed by atoms with Gasteiger partial charge in [0.1, 0.15) is 11.2 Å². The van der Waals surface area contributed by atoms with E-state index in [1.165, 1.54) is 52.1 Å². The Kier molecular flexibility index (Phi) is 5.31. The first-order valence-corrected chi connectivity index (χ1v) is 10.2. The summed E-state index contributed by atoms with van der Waals surface area (Å²) in [5.41, 5.74) is 14.6. The Morgan fingerprint density at radius 3 is 2.75 bits per heavy atom. The zero-order chi connectivity index (χ0) is 19.5. The number of benzene rings is 1. The number of nitrogens with two attached hydrogens (primary N) is 1. The van der Waals surface area contributed by atoms with Crippen LogP contribution in [-0.2, 0) is 6.42 Å². The maximum atomic E-state index is 5.87. The highest BCUT2D eigenvalue weighted by molar-refractivity contribution is 5.75. The Morgan fingerprint density at radius 1 is 1.18 bits per heavy atom. The first-order chi connectivity index (χ1) is 13.7. The van der Waals surface area contributed by atoms with E-state index in [4.69, 9.17) is 5.73 Å². The third-order valence-electron chi connectivity index (χ3n) is 5.34. The molecule has 2 aromatic heterocycles. The van der Waals surface area contributed by atoms with E-state index in [9.17, 15) is 0 Å². The van der Waals surface area contributed by atoms with Crippen molar-refractivity contribution in [3.8, 4) is 0 Å². The van der Waals surface area contributed by atoms with Crippen LogP contribution in [-0.4, -0.2) is 17.6 Å². The van der Waals surface area contributed by atoms with Gasteiger partial charge in [-0.25, -0.2) is 0 Å². The first-order valence-electron chi connectivity index (χ1n) is 10.2. The Balaban J connectivity index is 1.63. The van der Waals surface area contributed by atoms with Crippen LogP contribution in [0.4, 0.5) is 5.69 Å². The summed E-state index contributed by atoms with van der Waals surface area (Å²) in [7, 11) is 0. The molecule has 0 fully saturated rings. The molecule has 1 aliphatic heterocycles. The summed E-state index contributed by atoms with van der Waals surface area (Å²) in [6.45, 7) is 6.09. The van der Waals surface area contributed by atoms with Gasteiger partial charge >= 0.3 is 0 Å². The summed E-state index contributed by atoms with van der Waals surface area (Å²) in [4.78, 5) is 0. The van der Waals surface area contributed by atoms with E-state index in [-0.39, 0.29) is 0 Å². The van der Waals surface area contributed by atoms with E-state index < -0.39 is 0 Å². The first kappa shape index (κ1) is 18.5. The van der Waals surface area contributed by atoms with E-state index in [0.717, 1.165) is 13.0 Å². The lowest BCUT2D eigenvalue weighted by Crippen LogP contribution is -2.24. The van der Waals surface area contributed by atoms with Crippen LogP contribution in [0.5, 0.6) is 0 Å². The van der Waals surface area contributed by atoms with Crippen LogP contribution in [0, 0.1) is 13.1 Å². The number of hydrogen-bond donors (Lipinski definition) is 2. The van der Waals surface area contributed by atoms with Gasteiger partial charge in [0, 0.05) is 24.4 Å². The van der Waals surface area contributed by atoms with E-state index in [0.29, 0.717) is 6.54 Å². The molecule has 4 nitrogen and oxygen atoms in total. The van der Waals surface area contributed by atoms with Gasteiger partial charge in [-0.1, -0.05) is 35.9 Å². The van der Waals surface area contributed by atoms with E-state index in [1.807, 2.05) is 0 Å². The van der Waals surface area contributed by atoms with Crippen LogP contribution < -0.4 is 15.4 Å². The smallest absolute Gasteiger partial charge is 0.242 e. The lowest BCUT2D eigenvalue weighted by Gasteiger charge is -2.05. The molecular weight excluding hydrogens is 344 g/mol. The van der Waals surface area contributed by atoms with Crippen LogP contribution in [0.15, 0.2) is 36.4 Å². The average molecular weight is 374 g/mol. The van der Waals surface area contributed by atoms with Crippen molar-refractivity contribution in [1.29, 1.82) is 0 Å². The minimum absolute atomic E-state index is 0.662. The van der Waals surface area contributed by atoms with Crippen LogP contribution in [0.1, 0.15) is 47.8 Å². The summed E-state index contributed by atoms with van der Waals surface area (Å²) < 4.78 is 4.53. The van der Waals surface area contributed by atoms with Gasteiger partial charge in [0.15, 0.2) is 0 Å². The Hall–Kier alpha value is -2.85. The van der Waals surface area contributed by atoms with Crippen molar-refractivity contribution in [2.45, 2.75) is 33.1 Å². The molecule has 0 saturated heterocycles. The molecule has 3 aromatic rings. The summed E-state index contributed by atoms with van der Waals surface area (Å²) in [5, 5.41) is 3.46. The molecule has 0 atom stereocenters. The van der Waals surface area contributed by atoms with Gasteiger partial charge in [0.05, 0.1) is 5.56 Å². The van der Waals surface area contributed by atoms with Crippen molar-refractivity contribution < 1.29 is 4.36 Å². The number of nitrogens with one attached hydrogen (secondary N) is 1. The van der Waals surface area contributed by atoms with Crippen LogP contribution in [0.25, 0.3) is 23.7 Å². The van der Waals surface area contributed by atoms with Crippen LogP contribution in [0.2, 0.25) is 0 Å². The normalized spacial score (nSPS) is 12.8. The fraction of sp³-hybridized carbons (Fsp3) is 0.292. The molecule has 0 amide bonds. The highest BCUT2D eigenvalue weighted by Gasteiger charge is 2.26. The Labute approximate surface area is 166 Å². The van der Waals surface area contributed by atoms with Gasteiger partial charge in [-0.05, 0) is 61.7 Å². The molecule has 0 radical (unpaired) electrons. The Bertz CT molecular complexity index is 1080. The predicted molar refractivity (Wildman–Crippen MR) is 118 cm³/mol. The number of nitrogens with zero attached hydrogens (tertiary/aromatic N) is 2. The number of aryl methyl sites for hydroxylation is 1. The summed E-state index contributed by atoms with van der Waals surface area (Å²) in [5.74, 6) is 0. The molecule has 0 aliphatic carbocycles. The number of aromatic nitrogens is 2. The molecule has 0 saturated carbocycles. The topological polar surface area (TPSA) is 48.4 Å². The third kappa shape index (κ3) is 3.36. The van der Waals surface area contributed by atoms with Gasteiger partial charge < -0.3 is 11.1 Å². The predicted octanol–water partition coefficient (Wildman–Crippen LogP) is 4.17. The molecule has 4 heteroatoms. The Morgan fingerprint density at radius 2 is 2.00 bits per heavy atom. The second-order valence-corrected chi connectivity index (χ2v) is 7.40. The summed E-state index contributed by atoms with van der Waals surface area (Å²) >= 11 is 0. The number of hydrogen-bond acceptors (Lipinski definition) is 2. The zero-order valence-corrected chi connectivity index (χ0v) is 16.8. The molecular formula is C24H29N4+. The quantitative estimate of drug-likeness (QED) is 0.460. The highest BCUT2D eigenvalue weighted by atomic mass is 15.3. The molecule has 4 rings (SSSR count). The van der Waals surface area contributed by atoms with E-state index in [1.54, 1.807) is 0 Å². The van der Waals surface area contributed by atoms with Crippen LogP contribution in [0.3, 0.4) is 0 Å². The number of anilines is 1. The van der Waals surface area contributed by atoms with Gasteiger partial charge in [0.25, 0.3) is 0 Å². The van der Waals surface area contributed by atoms with Gasteiger partial charge in [0.2, 0.25) is 11.9 Å². The minimum atomic E-state index is 0.662. The number of allylic oxidation sites excluding steroid dienone is 1. The fourth-order valence-electron chi connectivity index (χ4n) is 3.97. The van der Waals surface area contributed by atoms with Crippen molar-refractivity contribution in [2.24, 2.45) is 5.73 Å². The van der Waals surface area contributed by atoms with Crippen molar-refractivity contribution >= 4 is 29.4 Å². The fourth-order valence-corrected chi connectivity index (χ4v) is 3.97. The second-order valence-electron chi connectivity index (χ2n) is 7.40. The van der Waals surface area contributed by atoms with Crippen LogP contribution >= 0.6 is 0 Å². The number of fused-ring (bicyclic) bond motifs is 3. The number of rotatable bonds is 8. The van der Waals surface area contributed by atoms with Gasteiger partial charge in [-0.2, -0.15) is 0 Å². The zero-order valence-electron chi connectivity index (χ0n) is 16.8. The van der Waals surface area contributed by atoms with Crippen molar-refractivity contribution in [3.05, 3.63) is 70.7 Å². The highest BCUT2D eigenvalue weighted by Crippen LogP contribution is 2.25. The monoisotopic (exact) mass is 373 g/mol. The molecule has 3 heterocycles. The van der Waals surface area contributed by atoms with Crippen molar-refractivity contribution in [2.75, 3.05) is 18.4 Å². The summed E-state index contributed by atoms with van der Waals surface area (Å²) in [6.07, 6.45) is 14.1. The van der Waals surface area contributed by atoms with E-state index >= 15 is 0 Å². The minimum Gasteiger partial charge on any atom is -0.385 e. The second kappa shape index (κ2) is 8.03. The third-order valence-corrected chi connectivity index (χ3v) is 5.34. The number of unbranched alkanes of at least 4 members (excludes halogenated alkanes) is 1. The molecule has 0 spiro atoms. The SMILES string of the molecule is CCCCNc1ccc(/C=C/c2cc(C)c3c(CCN)c4[n+](n23)=CC=C4)cc1. The average Bonchev–Trinajstić information content (AvgIpc) is 3.36.